The number of hydrogen-bond donors (Lipinski definition) is 0. The fraction of sp³-hybridized carbons (Fsp3) is 0. The number of hydrogen-bond acceptors (Lipinski definition) is 4. The van der Waals surface area contributed by atoms with Crippen LogP contribution in [0, 0.1) is 0 Å². The molecule has 8 heteroatoms. The minimum atomic E-state index is 0.591. The molecule has 18 rings (SSSR count). The summed E-state index contributed by atoms with van der Waals surface area (Å²) < 4.78 is 9.47. The zero-order valence-electron chi connectivity index (χ0n) is 47.4. The normalized spacial score (nSPS) is 11.9. The first-order chi connectivity index (χ1) is 43.7. The molecule has 0 N–H and O–H groups in total. The highest BCUT2D eigenvalue weighted by Crippen LogP contribution is 2.46. The molecule has 0 aliphatic heterocycles. The average molecular weight is 1120 g/mol. The van der Waals surface area contributed by atoms with Crippen molar-refractivity contribution in [1.29, 1.82) is 0 Å². The summed E-state index contributed by atoms with van der Waals surface area (Å²) in [7, 11) is 0. The Labute approximate surface area is 505 Å². The predicted octanol–water partition coefficient (Wildman–Crippen LogP) is 20.0. The van der Waals surface area contributed by atoms with Crippen molar-refractivity contribution in [1.82, 2.24) is 38.2 Å². The molecule has 0 saturated carbocycles. The number of aromatic nitrogens is 8. The zero-order chi connectivity index (χ0) is 57.8. The van der Waals surface area contributed by atoms with E-state index >= 15 is 0 Å². The van der Waals surface area contributed by atoms with Gasteiger partial charge in [0, 0.05) is 76.7 Å². The van der Waals surface area contributed by atoms with E-state index in [0.717, 1.165) is 144 Å². The maximum absolute atomic E-state index is 5.54. The van der Waals surface area contributed by atoms with Gasteiger partial charge in [0.15, 0.2) is 0 Å². The summed E-state index contributed by atoms with van der Waals surface area (Å²) >= 11 is 0. The molecule has 6 heterocycles. The van der Waals surface area contributed by atoms with Crippen molar-refractivity contribution in [3.63, 3.8) is 0 Å². The maximum atomic E-state index is 5.54. The molecule has 410 valence electrons. The number of rotatable bonds is 9. The Hall–Kier alpha value is -12.0. The van der Waals surface area contributed by atoms with Gasteiger partial charge in [0.05, 0.1) is 66.9 Å². The predicted molar refractivity (Wildman–Crippen MR) is 362 cm³/mol. The molecular formula is C80H50N8. The summed E-state index contributed by atoms with van der Waals surface area (Å²) in [6, 6.07) is 108. The molecule has 6 aromatic heterocycles. The number of nitrogens with zero attached hydrogens (tertiary/aromatic N) is 8. The van der Waals surface area contributed by atoms with Crippen LogP contribution in [-0.4, -0.2) is 38.2 Å². The monoisotopic (exact) mass is 1120 g/mol. The molecule has 8 nitrogen and oxygen atoms in total. The van der Waals surface area contributed by atoms with Crippen molar-refractivity contribution in [3.05, 3.63) is 303 Å². The maximum Gasteiger partial charge on any atom is 0.235 e. The zero-order valence-corrected chi connectivity index (χ0v) is 47.4. The summed E-state index contributed by atoms with van der Waals surface area (Å²) in [5, 5.41) is 9.01. The van der Waals surface area contributed by atoms with Gasteiger partial charge in [-0.25, -0.2) is 19.9 Å². The molecule has 0 atom stereocenters. The van der Waals surface area contributed by atoms with Crippen molar-refractivity contribution >= 4 is 87.2 Å². The first-order valence-corrected chi connectivity index (χ1v) is 29.8. The fourth-order valence-corrected chi connectivity index (χ4v) is 13.7. The lowest BCUT2D eigenvalue weighted by Crippen LogP contribution is -2.05. The van der Waals surface area contributed by atoms with E-state index in [-0.39, 0.29) is 0 Å². The van der Waals surface area contributed by atoms with Crippen LogP contribution in [0.2, 0.25) is 0 Å². The van der Waals surface area contributed by atoms with E-state index in [1.165, 1.54) is 10.8 Å². The lowest BCUT2D eigenvalue weighted by molar-refractivity contribution is 0.994. The summed E-state index contributed by atoms with van der Waals surface area (Å²) in [5.74, 6) is 1.18. The van der Waals surface area contributed by atoms with Gasteiger partial charge in [-0.1, -0.05) is 231 Å². The van der Waals surface area contributed by atoms with Gasteiger partial charge in [-0.05, 0) is 83.9 Å². The van der Waals surface area contributed by atoms with E-state index in [9.17, 15) is 0 Å². The summed E-state index contributed by atoms with van der Waals surface area (Å²) in [6.07, 6.45) is 0. The average Bonchev–Trinajstić information content (AvgIpc) is 1.69. The molecular weight excluding hydrogens is 1070 g/mol. The molecule has 0 bridgehead atoms. The minimum absolute atomic E-state index is 0.591. The molecule has 12 aromatic carbocycles. The van der Waals surface area contributed by atoms with Gasteiger partial charge < -0.3 is 9.13 Å². The number of para-hydroxylation sites is 4. The highest BCUT2D eigenvalue weighted by Gasteiger charge is 2.27. The topological polar surface area (TPSA) is 71.3 Å². The van der Waals surface area contributed by atoms with E-state index < -0.39 is 0 Å². The Morgan fingerprint density at radius 1 is 0.182 bits per heavy atom. The summed E-state index contributed by atoms with van der Waals surface area (Å²) in [4.78, 5) is 22.2. The molecule has 88 heavy (non-hydrogen) atoms. The van der Waals surface area contributed by atoms with Crippen LogP contribution >= 0.6 is 0 Å². The molecule has 0 saturated heterocycles. The number of fused-ring (bicyclic) bond motifs is 14. The lowest BCUT2D eigenvalue weighted by atomic mass is 10.00. The Kier molecular flexibility index (Phi) is 11.1. The van der Waals surface area contributed by atoms with Crippen LogP contribution < -0.4 is 0 Å². The highest BCUT2D eigenvalue weighted by molar-refractivity contribution is 6.26. The van der Waals surface area contributed by atoms with E-state index in [1.807, 2.05) is 0 Å². The van der Waals surface area contributed by atoms with Crippen molar-refractivity contribution in [2.75, 3.05) is 0 Å². The smallest absolute Gasteiger partial charge is 0.235 e. The van der Waals surface area contributed by atoms with Crippen LogP contribution in [0.1, 0.15) is 0 Å². The third kappa shape index (κ3) is 7.72. The largest absolute Gasteiger partial charge is 0.307 e. The summed E-state index contributed by atoms with van der Waals surface area (Å²) in [5.41, 5.74) is 20.2. The van der Waals surface area contributed by atoms with Crippen molar-refractivity contribution in [3.8, 4) is 79.4 Å². The first-order valence-electron chi connectivity index (χ1n) is 29.8. The second kappa shape index (κ2) is 19.8. The molecule has 0 unspecified atom stereocenters. The number of benzene rings is 12. The van der Waals surface area contributed by atoms with Gasteiger partial charge in [-0.3, -0.25) is 9.13 Å². The Morgan fingerprint density at radius 2 is 0.455 bits per heavy atom. The Balaban J connectivity index is 0.928. The van der Waals surface area contributed by atoms with E-state index in [0.29, 0.717) is 11.9 Å². The van der Waals surface area contributed by atoms with Crippen LogP contribution in [0.3, 0.4) is 0 Å². The van der Waals surface area contributed by atoms with E-state index in [4.69, 9.17) is 19.9 Å². The summed E-state index contributed by atoms with van der Waals surface area (Å²) in [6.45, 7) is 0. The van der Waals surface area contributed by atoms with Gasteiger partial charge in [0.25, 0.3) is 0 Å². The van der Waals surface area contributed by atoms with Crippen molar-refractivity contribution in [2.24, 2.45) is 0 Å². The van der Waals surface area contributed by atoms with Crippen LogP contribution in [0.4, 0.5) is 0 Å². The third-order valence-electron chi connectivity index (χ3n) is 17.6. The van der Waals surface area contributed by atoms with E-state index in [2.05, 4.69) is 322 Å². The SMILES string of the molecule is c1ccc(-c2cc(-c3ccccc3)nc(-n3c4ccc(-c5ccc6c(c5)c5ccc7c8ccccc8n(-c8ccccc8)c7c5n6-c5nc(-c6ccccc6)cc(-c6ccccc6)n5)cc4c4ccc5c6ccccc6n(-c6ccccc6)c5c43)n2)cc1. The van der Waals surface area contributed by atoms with Gasteiger partial charge in [0.1, 0.15) is 0 Å². The van der Waals surface area contributed by atoms with Crippen LogP contribution in [0.25, 0.3) is 167 Å². The Morgan fingerprint density at radius 3 is 0.795 bits per heavy atom. The minimum Gasteiger partial charge on any atom is -0.307 e. The third-order valence-corrected chi connectivity index (χ3v) is 17.6. The van der Waals surface area contributed by atoms with Crippen molar-refractivity contribution < 1.29 is 0 Å². The Bertz CT molecular complexity index is 5300. The van der Waals surface area contributed by atoms with Crippen molar-refractivity contribution in [2.45, 2.75) is 0 Å². The standard InChI is InChI=1S/C80H50N8/c1-7-23-51(24-8-1)67-49-68(52-25-9-2-10-26-52)82-79(81-67)87-73-45-39-55(47-65(73)63-43-41-61-59-35-19-21-37-71(59)85(75(61)77(63)87)57-31-15-5-16-32-57)56-40-46-74-66(48-56)64-44-42-62-60-36-20-22-38-72(60)86(58-33-17-6-18-34-58)76(62)78(64)88(74)80-83-69(53-27-11-3-12-28-53)50-70(84-80)54-29-13-4-14-30-54/h1-50H. The molecule has 18 aromatic rings. The molecule has 0 amide bonds. The molecule has 0 spiro atoms. The van der Waals surface area contributed by atoms with Crippen LogP contribution in [0.5, 0.6) is 0 Å². The van der Waals surface area contributed by atoms with Gasteiger partial charge in [-0.2, -0.15) is 0 Å². The van der Waals surface area contributed by atoms with E-state index in [1.54, 1.807) is 0 Å². The molecule has 0 aliphatic carbocycles. The first kappa shape index (κ1) is 49.4. The molecule has 0 fully saturated rings. The van der Waals surface area contributed by atoms with Crippen LogP contribution in [-0.2, 0) is 0 Å². The molecule has 0 aliphatic rings. The van der Waals surface area contributed by atoms with Gasteiger partial charge in [-0.15, -0.1) is 0 Å². The van der Waals surface area contributed by atoms with Gasteiger partial charge >= 0.3 is 0 Å². The fourth-order valence-electron chi connectivity index (χ4n) is 13.7. The lowest BCUT2D eigenvalue weighted by Gasteiger charge is -2.14. The highest BCUT2D eigenvalue weighted by atomic mass is 15.2. The quantitative estimate of drug-likeness (QED) is 0.144. The van der Waals surface area contributed by atoms with Crippen LogP contribution in [0.15, 0.2) is 303 Å². The van der Waals surface area contributed by atoms with Gasteiger partial charge in [0.2, 0.25) is 11.9 Å². The second-order valence-corrected chi connectivity index (χ2v) is 22.6. The molecule has 0 radical (unpaired) electrons. The second-order valence-electron chi connectivity index (χ2n) is 22.6.